The van der Waals surface area contributed by atoms with Gasteiger partial charge in [-0.05, 0) is 24.3 Å². The summed E-state index contributed by atoms with van der Waals surface area (Å²) in [6.07, 6.45) is 0. The molecule has 0 aliphatic rings. The molecule has 0 aromatic heterocycles. The molecule has 0 heterocycles. The second-order valence-electron chi connectivity index (χ2n) is 3.73. The van der Waals surface area contributed by atoms with Gasteiger partial charge in [0, 0.05) is 12.1 Å². The maximum Gasteiger partial charge on any atom is 0.312 e. The van der Waals surface area contributed by atoms with E-state index in [-0.39, 0.29) is 11.3 Å². The number of nitriles is 1. The van der Waals surface area contributed by atoms with Gasteiger partial charge in [-0.3, -0.25) is 10.1 Å². The van der Waals surface area contributed by atoms with Crippen molar-refractivity contribution in [2.75, 3.05) is 0 Å². The van der Waals surface area contributed by atoms with Crippen molar-refractivity contribution >= 4 is 5.69 Å². The lowest BCUT2D eigenvalue weighted by atomic mass is 10.2. The molecule has 0 spiro atoms. The smallest absolute Gasteiger partial charge is 0.312 e. The van der Waals surface area contributed by atoms with Crippen molar-refractivity contribution < 1.29 is 18.4 Å². The summed E-state index contributed by atoms with van der Waals surface area (Å²) < 4.78 is 31.4. The first-order valence-electron chi connectivity index (χ1n) is 5.32. The van der Waals surface area contributed by atoms with E-state index in [1.165, 1.54) is 6.07 Å². The molecule has 7 heteroatoms. The van der Waals surface area contributed by atoms with Gasteiger partial charge in [-0.2, -0.15) is 5.26 Å². The lowest BCUT2D eigenvalue weighted by molar-refractivity contribution is -0.385. The Kier molecular flexibility index (Phi) is 3.57. The van der Waals surface area contributed by atoms with Gasteiger partial charge in [0.1, 0.15) is 5.82 Å². The highest BCUT2D eigenvalue weighted by atomic mass is 19.1. The molecule has 0 aliphatic heterocycles. The number of halogens is 2. The number of nitrogens with zero attached hydrogens (tertiary/aromatic N) is 2. The molecule has 0 saturated carbocycles. The molecule has 0 aliphatic carbocycles. The average molecular weight is 276 g/mol. The number of nitro groups is 1. The Balaban J connectivity index is 2.46. The molecule has 20 heavy (non-hydrogen) atoms. The third-order valence-electron chi connectivity index (χ3n) is 2.40. The first-order chi connectivity index (χ1) is 9.51. The standard InChI is InChI=1S/C13H6F2N2O3/c14-9-2-3-10(15)13(6-9)20-12-4-1-8(7-16)5-11(12)17(18)19/h1-6H. The van der Waals surface area contributed by atoms with Crippen LogP contribution in [0, 0.1) is 33.1 Å². The molecule has 0 atom stereocenters. The molecule has 2 aromatic carbocycles. The van der Waals surface area contributed by atoms with Gasteiger partial charge in [-0.15, -0.1) is 0 Å². The summed E-state index contributed by atoms with van der Waals surface area (Å²) in [7, 11) is 0. The molecule has 100 valence electrons. The molecular weight excluding hydrogens is 270 g/mol. The monoisotopic (exact) mass is 276 g/mol. The van der Waals surface area contributed by atoms with Crippen molar-refractivity contribution in [2.24, 2.45) is 0 Å². The van der Waals surface area contributed by atoms with Crippen molar-refractivity contribution in [3.8, 4) is 17.6 Å². The highest BCUT2D eigenvalue weighted by Crippen LogP contribution is 2.33. The summed E-state index contributed by atoms with van der Waals surface area (Å²) in [5, 5.41) is 19.6. The average Bonchev–Trinajstić information content (AvgIpc) is 2.43. The van der Waals surface area contributed by atoms with Crippen LogP contribution in [0.4, 0.5) is 14.5 Å². The van der Waals surface area contributed by atoms with Crippen LogP contribution in [0.25, 0.3) is 0 Å². The maximum absolute atomic E-state index is 13.4. The van der Waals surface area contributed by atoms with E-state index in [0.717, 1.165) is 30.3 Å². The predicted octanol–water partition coefficient (Wildman–Crippen LogP) is 3.54. The van der Waals surface area contributed by atoms with Crippen LogP contribution in [-0.4, -0.2) is 4.92 Å². The van der Waals surface area contributed by atoms with Crippen LogP contribution < -0.4 is 4.74 Å². The number of rotatable bonds is 3. The van der Waals surface area contributed by atoms with E-state index >= 15 is 0 Å². The van der Waals surface area contributed by atoms with Gasteiger partial charge in [0.15, 0.2) is 11.6 Å². The van der Waals surface area contributed by atoms with Gasteiger partial charge in [0.2, 0.25) is 5.75 Å². The summed E-state index contributed by atoms with van der Waals surface area (Å²) in [4.78, 5) is 10.1. The van der Waals surface area contributed by atoms with Crippen LogP contribution in [0.2, 0.25) is 0 Å². The normalized spacial score (nSPS) is 9.85. The van der Waals surface area contributed by atoms with Gasteiger partial charge in [0.05, 0.1) is 16.6 Å². The van der Waals surface area contributed by atoms with E-state index in [1.54, 1.807) is 6.07 Å². The van der Waals surface area contributed by atoms with Gasteiger partial charge in [-0.25, -0.2) is 8.78 Å². The number of benzene rings is 2. The number of hydrogen-bond donors (Lipinski definition) is 0. The van der Waals surface area contributed by atoms with Crippen molar-refractivity contribution in [2.45, 2.75) is 0 Å². The fourth-order valence-corrected chi connectivity index (χ4v) is 1.49. The molecule has 0 unspecified atom stereocenters. The highest BCUT2D eigenvalue weighted by molar-refractivity contribution is 5.53. The van der Waals surface area contributed by atoms with E-state index < -0.39 is 28.0 Å². The van der Waals surface area contributed by atoms with Crippen molar-refractivity contribution in [1.29, 1.82) is 5.26 Å². The van der Waals surface area contributed by atoms with Crippen LogP contribution in [0.1, 0.15) is 5.56 Å². The van der Waals surface area contributed by atoms with Crippen molar-refractivity contribution in [3.63, 3.8) is 0 Å². The topological polar surface area (TPSA) is 76.2 Å². The van der Waals surface area contributed by atoms with E-state index in [9.17, 15) is 18.9 Å². The molecule has 5 nitrogen and oxygen atoms in total. The SMILES string of the molecule is N#Cc1ccc(Oc2cc(F)ccc2F)c([N+](=O)[O-])c1. The Labute approximate surface area is 111 Å². The van der Waals surface area contributed by atoms with Gasteiger partial charge < -0.3 is 4.74 Å². The molecule has 0 N–H and O–H groups in total. The summed E-state index contributed by atoms with van der Waals surface area (Å²) in [6, 6.07) is 7.68. The Morgan fingerprint density at radius 2 is 1.90 bits per heavy atom. The molecule has 2 rings (SSSR count). The number of hydrogen-bond acceptors (Lipinski definition) is 4. The van der Waals surface area contributed by atoms with Crippen LogP contribution in [0.5, 0.6) is 11.5 Å². The Bertz CT molecular complexity index is 726. The van der Waals surface area contributed by atoms with E-state index in [2.05, 4.69) is 0 Å². The third-order valence-corrected chi connectivity index (χ3v) is 2.40. The molecule has 0 bridgehead atoms. The number of nitro benzene ring substituents is 1. The minimum atomic E-state index is -0.856. The Morgan fingerprint density at radius 1 is 1.15 bits per heavy atom. The van der Waals surface area contributed by atoms with E-state index in [0.29, 0.717) is 0 Å². The minimum Gasteiger partial charge on any atom is -0.447 e. The van der Waals surface area contributed by atoms with Gasteiger partial charge >= 0.3 is 5.69 Å². The summed E-state index contributed by atoms with van der Waals surface area (Å²) in [5.41, 5.74) is -0.448. The van der Waals surface area contributed by atoms with Gasteiger partial charge in [-0.1, -0.05) is 0 Å². The zero-order valence-corrected chi connectivity index (χ0v) is 9.84. The predicted molar refractivity (Wildman–Crippen MR) is 64.2 cm³/mol. The van der Waals surface area contributed by atoms with Crippen LogP contribution >= 0.6 is 0 Å². The molecule has 2 aromatic rings. The molecule has 0 radical (unpaired) electrons. The highest BCUT2D eigenvalue weighted by Gasteiger charge is 2.18. The van der Waals surface area contributed by atoms with Gasteiger partial charge in [0.25, 0.3) is 0 Å². The second-order valence-corrected chi connectivity index (χ2v) is 3.73. The molecular formula is C13H6F2N2O3. The van der Waals surface area contributed by atoms with Crippen molar-refractivity contribution in [3.05, 3.63) is 63.7 Å². The maximum atomic E-state index is 13.4. The second kappa shape index (κ2) is 5.32. The van der Waals surface area contributed by atoms with Crippen LogP contribution in [0.3, 0.4) is 0 Å². The lowest BCUT2D eigenvalue weighted by Gasteiger charge is -2.07. The number of ether oxygens (including phenoxy) is 1. The quantitative estimate of drug-likeness (QED) is 0.634. The zero-order valence-electron chi connectivity index (χ0n) is 9.84. The lowest BCUT2D eigenvalue weighted by Crippen LogP contribution is -1.96. The van der Waals surface area contributed by atoms with Crippen LogP contribution in [0.15, 0.2) is 36.4 Å². The van der Waals surface area contributed by atoms with E-state index in [1.807, 2.05) is 0 Å². The molecule has 0 saturated heterocycles. The first-order valence-corrected chi connectivity index (χ1v) is 5.32. The summed E-state index contributed by atoms with van der Waals surface area (Å²) >= 11 is 0. The molecule has 0 fully saturated rings. The minimum absolute atomic E-state index is 0.0590. The largest absolute Gasteiger partial charge is 0.447 e. The first kappa shape index (κ1) is 13.4. The third kappa shape index (κ3) is 2.70. The summed E-state index contributed by atoms with van der Waals surface area (Å²) in [6.45, 7) is 0. The zero-order chi connectivity index (χ0) is 14.7. The van der Waals surface area contributed by atoms with Crippen molar-refractivity contribution in [1.82, 2.24) is 0 Å². The molecule has 0 amide bonds. The fraction of sp³-hybridized carbons (Fsp3) is 0. The van der Waals surface area contributed by atoms with E-state index in [4.69, 9.17) is 10.00 Å². The Hall–Kier alpha value is -3.01. The van der Waals surface area contributed by atoms with Crippen LogP contribution in [-0.2, 0) is 0 Å². The summed E-state index contributed by atoms with van der Waals surface area (Å²) in [5.74, 6) is -2.35. The Morgan fingerprint density at radius 3 is 2.55 bits per heavy atom. The fourth-order valence-electron chi connectivity index (χ4n) is 1.49.